The molecular weight excluding hydrogens is 256 g/mol. The van der Waals surface area contributed by atoms with Gasteiger partial charge in [-0.15, -0.1) is 11.3 Å². The Morgan fingerprint density at radius 1 is 1.42 bits per heavy atom. The van der Waals surface area contributed by atoms with E-state index in [1.807, 2.05) is 36.6 Å². The molecule has 19 heavy (non-hydrogen) atoms. The quantitative estimate of drug-likeness (QED) is 0.699. The number of rotatable bonds is 3. The van der Waals surface area contributed by atoms with E-state index >= 15 is 0 Å². The minimum atomic E-state index is -0.122. The molecule has 0 aliphatic rings. The standard InChI is InChI=1S/C15H12N2OS/c1-2-10(7-16)13-9-19-15(17-13)12-8-18-14-6-4-3-5-11(12)14/h3-6,8-10H,2H2,1H3. The van der Waals surface area contributed by atoms with Crippen LogP contribution in [0.15, 0.2) is 40.3 Å². The molecule has 2 heterocycles. The number of fused-ring (bicyclic) bond motifs is 1. The highest BCUT2D eigenvalue weighted by molar-refractivity contribution is 7.13. The Kier molecular flexibility index (Phi) is 3.06. The smallest absolute Gasteiger partial charge is 0.134 e. The normalized spacial score (nSPS) is 12.4. The molecule has 3 aromatic rings. The largest absolute Gasteiger partial charge is 0.464 e. The van der Waals surface area contributed by atoms with E-state index in [9.17, 15) is 0 Å². The highest BCUT2D eigenvalue weighted by atomic mass is 32.1. The average Bonchev–Trinajstić information content (AvgIpc) is 3.06. The predicted molar refractivity (Wildman–Crippen MR) is 76.0 cm³/mol. The van der Waals surface area contributed by atoms with Crippen LogP contribution in [0.3, 0.4) is 0 Å². The van der Waals surface area contributed by atoms with Crippen molar-refractivity contribution < 1.29 is 4.42 Å². The zero-order valence-corrected chi connectivity index (χ0v) is 11.3. The molecule has 0 amide bonds. The number of para-hydroxylation sites is 1. The fraction of sp³-hybridized carbons (Fsp3) is 0.200. The third-order valence-electron chi connectivity index (χ3n) is 3.15. The first-order valence-electron chi connectivity index (χ1n) is 6.15. The van der Waals surface area contributed by atoms with E-state index in [0.29, 0.717) is 0 Å². The maximum atomic E-state index is 9.09. The molecule has 0 saturated carbocycles. The lowest BCUT2D eigenvalue weighted by Crippen LogP contribution is -1.93. The van der Waals surface area contributed by atoms with Crippen molar-refractivity contribution in [2.45, 2.75) is 19.3 Å². The van der Waals surface area contributed by atoms with E-state index in [1.54, 1.807) is 17.6 Å². The van der Waals surface area contributed by atoms with Gasteiger partial charge in [-0.1, -0.05) is 25.1 Å². The lowest BCUT2D eigenvalue weighted by Gasteiger charge is -1.99. The monoisotopic (exact) mass is 268 g/mol. The number of hydrogen-bond acceptors (Lipinski definition) is 4. The molecule has 4 heteroatoms. The summed E-state index contributed by atoms with van der Waals surface area (Å²) in [6.07, 6.45) is 2.52. The summed E-state index contributed by atoms with van der Waals surface area (Å²) >= 11 is 1.56. The number of nitrogens with zero attached hydrogens (tertiary/aromatic N) is 2. The molecule has 0 radical (unpaired) electrons. The van der Waals surface area contributed by atoms with Crippen molar-refractivity contribution in [3.05, 3.63) is 41.6 Å². The van der Waals surface area contributed by atoms with Crippen molar-refractivity contribution in [3.8, 4) is 16.6 Å². The lowest BCUT2D eigenvalue weighted by molar-refractivity contribution is 0.617. The number of benzene rings is 1. The van der Waals surface area contributed by atoms with Crippen molar-refractivity contribution >= 4 is 22.3 Å². The fourth-order valence-electron chi connectivity index (χ4n) is 2.08. The summed E-state index contributed by atoms with van der Waals surface area (Å²) in [6.45, 7) is 2.00. The summed E-state index contributed by atoms with van der Waals surface area (Å²) in [5.74, 6) is -0.122. The van der Waals surface area contributed by atoms with Crippen LogP contribution in [0.5, 0.6) is 0 Å². The third kappa shape index (κ3) is 2.02. The minimum absolute atomic E-state index is 0.122. The Morgan fingerprint density at radius 3 is 3.05 bits per heavy atom. The van der Waals surface area contributed by atoms with Gasteiger partial charge in [-0.05, 0) is 12.5 Å². The highest BCUT2D eigenvalue weighted by Gasteiger charge is 2.15. The first kappa shape index (κ1) is 11.9. The molecule has 0 spiro atoms. The van der Waals surface area contributed by atoms with Gasteiger partial charge in [0.1, 0.15) is 16.9 Å². The summed E-state index contributed by atoms with van der Waals surface area (Å²) in [5, 5.41) is 13.0. The Bertz CT molecular complexity index is 751. The lowest BCUT2D eigenvalue weighted by atomic mass is 10.1. The third-order valence-corrected chi connectivity index (χ3v) is 4.05. The van der Waals surface area contributed by atoms with Gasteiger partial charge in [0.05, 0.1) is 23.2 Å². The Hall–Kier alpha value is -2.12. The molecule has 0 aliphatic heterocycles. The van der Waals surface area contributed by atoms with Crippen LogP contribution in [-0.4, -0.2) is 4.98 Å². The number of thiazole rings is 1. The van der Waals surface area contributed by atoms with E-state index in [4.69, 9.17) is 9.68 Å². The Balaban J connectivity index is 2.06. The summed E-state index contributed by atoms with van der Waals surface area (Å²) in [5.41, 5.74) is 2.72. The van der Waals surface area contributed by atoms with Crippen molar-refractivity contribution in [1.29, 1.82) is 5.26 Å². The second-order valence-corrected chi connectivity index (χ2v) is 5.17. The summed E-state index contributed by atoms with van der Waals surface area (Å²) in [4.78, 5) is 4.58. The number of nitriles is 1. The first-order valence-corrected chi connectivity index (χ1v) is 7.03. The van der Waals surface area contributed by atoms with E-state index in [0.717, 1.165) is 33.7 Å². The Labute approximate surface area is 115 Å². The van der Waals surface area contributed by atoms with Crippen molar-refractivity contribution in [3.63, 3.8) is 0 Å². The van der Waals surface area contributed by atoms with E-state index in [1.165, 1.54) is 0 Å². The summed E-state index contributed by atoms with van der Waals surface area (Å²) in [6, 6.07) is 10.2. The van der Waals surface area contributed by atoms with Gasteiger partial charge in [0.25, 0.3) is 0 Å². The van der Waals surface area contributed by atoms with Gasteiger partial charge in [-0.25, -0.2) is 4.98 Å². The van der Waals surface area contributed by atoms with E-state index in [2.05, 4.69) is 11.1 Å². The second-order valence-electron chi connectivity index (χ2n) is 4.31. The van der Waals surface area contributed by atoms with Crippen LogP contribution in [0.25, 0.3) is 21.5 Å². The van der Waals surface area contributed by atoms with Gasteiger partial charge in [0, 0.05) is 10.8 Å². The molecular formula is C15H12N2OS. The molecule has 0 bridgehead atoms. The molecule has 94 valence electrons. The van der Waals surface area contributed by atoms with Crippen LogP contribution in [0, 0.1) is 11.3 Å². The van der Waals surface area contributed by atoms with Crippen LogP contribution >= 0.6 is 11.3 Å². The zero-order chi connectivity index (χ0) is 13.2. The van der Waals surface area contributed by atoms with E-state index < -0.39 is 0 Å². The molecule has 1 aromatic carbocycles. The van der Waals surface area contributed by atoms with Gasteiger partial charge in [0.15, 0.2) is 0 Å². The maximum absolute atomic E-state index is 9.09. The van der Waals surface area contributed by atoms with Crippen LogP contribution < -0.4 is 0 Å². The first-order chi connectivity index (χ1) is 9.33. The molecule has 1 unspecified atom stereocenters. The summed E-state index contributed by atoms with van der Waals surface area (Å²) < 4.78 is 5.53. The molecule has 0 N–H and O–H groups in total. The molecule has 3 nitrogen and oxygen atoms in total. The molecule has 0 aliphatic carbocycles. The van der Waals surface area contributed by atoms with Crippen molar-refractivity contribution in [2.24, 2.45) is 0 Å². The topological polar surface area (TPSA) is 49.8 Å². The van der Waals surface area contributed by atoms with Crippen LogP contribution in [0.4, 0.5) is 0 Å². The molecule has 3 rings (SSSR count). The molecule has 1 atom stereocenters. The fourth-order valence-corrected chi connectivity index (χ4v) is 2.97. The SMILES string of the molecule is CCC(C#N)c1csc(-c2coc3ccccc23)n1. The van der Waals surface area contributed by atoms with Crippen molar-refractivity contribution in [2.75, 3.05) is 0 Å². The molecule has 0 fully saturated rings. The van der Waals surface area contributed by atoms with Crippen LogP contribution in [0.1, 0.15) is 25.0 Å². The molecule has 0 saturated heterocycles. The number of furan rings is 1. The van der Waals surface area contributed by atoms with Crippen molar-refractivity contribution in [1.82, 2.24) is 4.98 Å². The van der Waals surface area contributed by atoms with Gasteiger partial charge >= 0.3 is 0 Å². The minimum Gasteiger partial charge on any atom is -0.464 e. The molecule has 2 aromatic heterocycles. The van der Waals surface area contributed by atoms with Gasteiger partial charge < -0.3 is 4.42 Å². The van der Waals surface area contributed by atoms with Crippen LogP contribution in [-0.2, 0) is 0 Å². The van der Waals surface area contributed by atoms with E-state index in [-0.39, 0.29) is 5.92 Å². The van der Waals surface area contributed by atoms with Gasteiger partial charge in [-0.2, -0.15) is 5.26 Å². The highest BCUT2D eigenvalue weighted by Crippen LogP contribution is 2.34. The number of hydrogen-bond donors (Lipinski definition) is 0. The van der Waals surface area contributed by atoms with Crippen LogP contribution in [0.2, 0.25) is 0 Å². The zero-order valence-electron chi connectivity index (χ0n) is 10.5. The van der Waals surface area contributed by atoms with Gasteiger partial charge in [-0.3, -0.25) is 0 Å². The maximum Gasteiger partial charge on any atom is 0.134 e. The average molecular weight is 268 g/mol. The second kappa shape index (κ2) is 4.87. The summed E-state index contributed by atoms with van der Waals surface area (Å²) in [7, 11) is 0. The van der Waals surface area contributed by atoms with Gasteiger partial charge in [0.2, 0.25) is 0 Å². The Morgan fingerprint density at radius 2 is 2.26 bits per heavy atom. The predicted octanol–water partition coefficient (Wildman–Crippen LogP) is 4.57. The number of aromatic nitrogens is 1.